The van der Waals surface area contributed by atoms with Crippen LogP contribution in [0.25, 0.3) is 0 Å². The van der Waals surface area contributed by atoms with Crippen LogP contribution in [0.3, 0.4) is 0 Å². The van der Waals surface area contributed by atoms with E-state index >= 15 is 0 Å². The van der Waals surface area contributed by atoms with E-state index in [1.165, 1.54) is 6.34 Å². The van der Waals surface area contributed by atoms with Crippen LogP contribution < -0.4 is 5.48 Å². The molecule has 1 heterocycles. The molecule has 0 aromatic rings. The van der Waals surface area contributed by atoms with Crippen LogP contribution in [0.5, 0.6) is 0 Å². The largest absolute Gasteiger partial charge is 0.253 e. The first-order valence-corrected chi connectivity index (χ1v) is 2.02. The highest BCUT2D eigenvalue weighted by Crippen LogP contribution is 1.97. The second kappa shape index (κ2) is 1.49. The molecule has 0 saturated heterocycles. The predicted molar refractivity (Wildman–Crippen MR) is 25.5 cm³/mol. The molecule has 0 radical (unpaired) electrons. The fourth-order valence-electron chi connectivity index (χ4n) is 0.216. The van der Waals surface area contributed by atoms with E-state index in [1.54, 1.807) is 0 Å². The van der Waals surface area contributed by atoms with E-state index in [0.29, 0.717) is 0 Å². The summed E-state index contributed by atoms with van der Waals surface area (Å²) in [6.45, 7) is 0. The van der Waals surface area contributed by atoms with Gasteiger partial charge in [0.2, 0.25) is 5.56 Å². The number of hydroxylamine groups is 1. The monoisotopic (exact) mass is 104 g/mol. The lowest BCUT2D eigenvalue weighted by atomic mass is 11.2. The number of nitrogens with zero attached hydrogens (tertiary/aromatic N) is 1. The molecule has 0 spiro atoms. The molecule has 1 unspecified atom stereocenters. The SMILES string of the molecule is SC1N=CNO1. The van der Waals surface area contributed by atoms with Gasteiger partial charge >= 0.3 is 0 Å². The second-order valence-electron chi connectivity index (χ2n) is 0.840. The van der Waals surface area contributed by atoms with Gasteiger partial charge in [0, 0.05) is 0 Å². The molecule has 1 atom stereocenters. The van der Waals surface area contributed by atoms with Crippen LogP contribution in [0, 0.1) is 0 Å². The summed E-state index contributed by atoms with van der Waals surface area (Å²) in [5, 5.41) is 0. The number of hydrogen-bond acceptors (Lipinski definition) is 4. The van der Waals surface area contributed by atoms with E-state index in [1.807, 2.05) is 0 Å². The molecule has 0 aromatic carbocycles. The van der Waals surface area contributed by atoms with Crippen LogP contribution >= 0.6 is 12.6 Å². The van der Waals surface area contributed by atoms with Crippen molar-refractivity contribution in [3.63, 3.8) is 0 Å². The van der Waals surface area contributed by atoms with Crippen molar-refractivity contribution in [1.29, 1.82) is 0 Å². The van der Waals surface area contributed by atoms with E-state index in [0.717, 1.165) is 0 Å². The van der Waals surface area contributed by atoms with Crippen LogP contribution in [-0.4, -0.2) is 11.9 Å². The van der Waals surface area contributed by atoms with Gasteiger partial charge in [-0.25, -0.2) is 9.83 Å². The quantitative estimate of drug-likeness (QED) is 0.416. The zero-order chi connectivity index (χ0) is 4.41. The minimum atomic E-state index is -0.301. The normalized spacial score (nSPS) is 30.5. The Balaban J connectivity index is 2.38. The van der Waals surface area contributed by atoms with Gasteiger partial charge in [0.05, 0.1) is 0 Å². The van der Waals surface area contributed by atoms with Crippen LogP contribution in [0.15, 0.2) is 4.99 Å². The summed E-state index contributed by atoms with van der Waals surface area (Å²) in [5.41, 5.74) is 2.10. The first kappa shape index (κ1) is 3.95. The van der Waals surface area contributed by atoms with Gasteiger partial charge in [-0.2, -0.15) is 0 Å². The second-order valence-corrected chi connectivity index (χ2v) is 1.28. The maximum absolute atomic E-state index is 4.54. The summed E-state index contributed by atoms with van der Waals surface area (Å²) in [6, 6.07) is 0. The lowest BCUT2D eigenvalue weighted by molar-refractivity contribution is 0.0953. The molecule has 0 fully saturated rings. The zero-order valence-electron chi connectivity index (χ0n) is 2.96. The molecule has 1 rings (SSSR count). The summed E-state index contributed by atoms with van der Waals surface area (Å²) in [7, 11) is 0. The summed E-state index contributed by atoms with van der Waals surface area (Å²) in [4.78, 5) is 8.19. The van der Waals surface area contributed by atoms with Crippen molar-refractivity contribution in [3.8, 4) is 0 Å². The highest BCUT2D eigenvalue weighted by Gasteiger charge is 2.00. The Morgan fingerprint density at radius 1 is 2.00 bits per heavy atom. The van der Waals surface area contributed by atoms with Gasteiger partial charge in [0.15, 0.2) is 0 Å². The minimum absolute atomic E-state index is 0.301. The highest BCUT2D eigenvalue weighted by molar-refractivity contribution is 7.80. The third-order valence-electron chi connectivity index (χ3n) is 0.428. The number of nitrogens with one attached hydrogen (secondary N) is 1. The Kier molecular flexibility index (Phi) is 0.979. The molecule has 0 bridgehead atoms. The first-order valence-electron chi connectivity index (χ1n) is 1.50. The van der Waals surface area contributed by atoms with Crippen molar-refractivity contribution in [2.45, 2.75) is 5.56 Å². The predicted octanol–water partition coefficient (Wildman–Crippen LogP) is -0.237. The standard InChI is InChI=1S/C2H4N2OS/c6-2-3-1-4-5-2/h1-2,6H,(H,3,4). The molecule has 4 heteroatoms. The Hall–Kier alpha value is -0.220. The third kappa shape index (κ3) is 0.636. The zero-order valence-corrected chi connectivity index (χ0v) is 3.85. The Morgan fingerprint density at radius 3 is 3.00 bits per heavy atom. The topological polar surface area (TPSA) is 33.6 Å². The fraction of sp³-hybridized carbons (Fsp3) is 0.500. The molecule has 1 aliphatic rings. The summed E-state index contributed by atoms with van der Waals surface area (Å²) in [6.07, 6.45) is 1.46. The van der Waals surface area contributed by atoms with Crippen LogP contribution in [-0.2, 0) is 4.84 Å². The number of rotatable bonds is 0. The molecule has 34 valence electrons. The molecule has 0 aromatic heterocycles. The van der Waals surface area contributed by atoms with E-state index in [4.69, 9.17) is 0 Å². The lowest BCUT2D eigenvalue weighted by Gasteiger charge is -1.90. The summed E-state index contributed by atoms with van der Waals surface area (Å²) in [5.74, 6) is 0. The van der Waals surface area contributed by atoms with E-state index in [9.17, 15) is 0 Å². The minimum Gasteiger partial charge on any atom is -0.253 e. The van der Waals surface area contributed by atoms with Gasteiger partial charge in [-0.1, -0.05) is 0 Å². The van der Waals surface area contributed by atoms with Crippen LogP contribution in [0.4, 0.5) is 0 Å². The molecular formula is C2H4N2OS. The maximum atomic E-state index is 4.54. The van der Waals surface area contributed by atoms with Gasteiger partial charge < -0.3 is 0 Å². The number of aliphatic imine (C=N–C) groups is 1. The van der Waals surface area contributed by atoms with Crippen LogP contribution in [0.2, 0.25) is 0 Å². The van der Waals surface area contributed by atoms with E-state index in [-0.39, 0.29) is 5.56 Å². The van der Waals surface area contributed by atoms with Gasteiger partial charge in [-0.3, -0.25) is 5.48 Å². The van der Waals surface area contributed by atoms with Crippen LogP contribution in [0.1, 0.15) is 0 Å². The van der Waals surface area contributed by atoms with Gasteiger partial charge in [-0.15, -0.1) is 12.6 Å². The van der Waals surface area contributed by atoms with Gasteiger partial charge in [-0.05, 0) is 0 Å². The highest BCUT2D eigenvalue weighted by atomic mass is 32.1. The molecule has 0 aliphatic carbocycles. The molecule has 0 amide bonds. The molecule has 6 heavy (non-hydrogen) atoms. The Labute approximate surface area is 40.8 Å². The molecule has 0 saturated carbocycles. The summed E-state index contributed by atoms with van der Waals surface area (Å²) >= 11 is 3.81. The van der Waals surface area contributed by atoms with Crippen molar-refractivity contribution >= 4 is 19.0 Å². The lowest BCUT2D eigenvalue weighted by Crippen LogP contribution is -2.05. The van der Waals surface area contributed by atoms with Crippen molar-refractivity contribution in [2.75, 3.05) is 0 Å². The Bertz CT molecular complexity index is 73.9. The van der Waals surface area contributed by atoms with E-state index in [2.05, 4.69) is 27.9 Å². The fourth-order valence-corrected chi connectivity index (χ4v) is 0.343. The van der Waals surface area contributed by atoms with Gasteiger partial charge in [0.1, 0.15) is 6.34 Å². The first-order chi connectivity index (χ1) is 2.89. The number of hydrogen-bond donors (Lipinski definition) is 2. The smallest absolute Gasteiger partial charge is 0.220 e. The molecule has 3 nitrogen and oxygen atoms in total. The molecule has 1 aliphatic heterocycles. The maximum Gasteiger partial charge on any atom is 0.220 e. The van der Waals surface area contributed by atoms with E-state index < -0.39 is 0 Å². The molecule has 1 N–H and O–H groups in total. The van der Waals surface area contributed by atoms with Crippen molar-refractivity contribution in [1.82, 2.24) is 5.48 Å². The van der Waals surface area contributed by atoms with Crippen molar-refractivity contribution in [3.05, 3.63) is 0 Å². The summed E-state index contributed by atoms with van der Waals surface area (Å²) < 4.78 is 0. The van der Waals surface area contributed by atoms with Gasteiger partial charge in [0.25, 0.3) is 0 Å². The molecular weight excluding hydrogens is 100 g/mol. The number of thiol groups is 1. The van der Waals surface area contributed by atoms with Crippen molar-refractivity contribution in [2.24, 2.45) is 4.99 Å². The average Bonchev–Trinajstić information content (AvgIpc) is 1.86. The average molecular weight is 104 g/mol. The third-order valence-corrected chi connectivity index (χ3v) is 0.667. The van der Waals surface area contributed by atoms with Crippen molar-refractivity contribution < 1.29 is 4.84 Å². The Morgan fingerprint density at radius 2 is 2.83 bits per heavy atom.